The second-order valence-corrected chi connectivity index (χ2v) is 8.31. The van der Waals surface area contributed by atoms with Gasteiger partial charge in [-0.25, -0.2) is 0 Å². The third-order valence-corrected chi connectivity index (χ3v) is 6.41. The van der Waals surface area contributed by atoms with Gasteiger partial charge in [0.05, 0.1) is 5.41 Å². The number of aromatic nitrogens is 2. The van der Waals surface area contributed by atoms with Gasteiger partial charge in [0.2, 0.25) is 17.7 Å². The first-order chi connectivity index (χ1) is 13.1. The van der Waals surface area contributed by atoms with Crippen molar-refractivity contribution in [1.29, 1.82) is 0 Å². The molecule has 1 aromatic carbocycles. The van der Waals surface area contributed by atoms with E-state index in [9.17, 15) is 4.79 Å². The number of rotatable bonds is 5. The van der Waals surface area contributed by atoms with Crippen LogP contribution in [0.25, 0.3) is 0 Å². The summed E-state index contributed by atoms with van der Waals surface area (Å²) < 4.78 is 6.01. The molecule has 1 aliphatic heterocycles. The van der Waals surface area contributed by atoms with Crippen LogP contribution >= 0.6 is 11.6 Å². The van der Waals surface area contributed by atoms with Gasteiger partial charge < -0.3 is 9.32 Å². The number of carbonyl (C=O) groups is 1. The van der Waals surface area contributed by atoms with Crippen LogP contribution in [0.1, 0.15) is 69.2 Å². The van der Waals surface area contributed by atoms with Gasteiger partial charge in [0.15, 0.2) is 0 Å². The number of aryl methyl sites for hydroxylation is 1. The van der Waals surface area contributed by atoms with Gasteiger partial charge in [-0.15, -0.1) is 10.2 Å². The van der Waals surface area contributed by atoms with Crippen molar-refractivity contribution in [2.24, 2.45) is 0 Å². The van der Waals surface area contributed by atoms with Crippen LogP contribution in [-0.4, -0.2) is 33.6 Å². The second-order valence-electron chi connectivity index (χ2n) is 7.88. The Labute approximate surface area is 165 Å². The molecule has 1 saturated heterocycles. The molecule has 2 heterocycles. The maximum absolute atomic E-state index is 12.5. The van der Waals surface area contributed by atoms with Crippen molar-refractivity contribution in [2.45, 2.75) is 69.7 Å². The normalized spacial score (nSPS) is 21.7. The van der Waals surface area contributed by atoms with E-state index in [-0.39, 0.29) is 11.3 Å². The highest BCUT2D eigenvalue weighted by atomic mass is 35.5. The van der Waals surface area contributed by atoms with Crippen molar-refractivity contribution in [3.8, 4) is 0 Å². The van der Waals surface area contributed by atoms with E-state index in [0.717, 1.165) is 43.7 Å². The van der Waals surface area contributed by atoms with Crippen LogP contribution in [0.2, 0.25) is 5.02 Å². The number of halogens is 1. The molecule has 27 heavy (non-hydrogen) atoms. The van der Waals surface area contributed by atoms with Crippen LogP contribution in [0.15, 0.2) is 28.7 Å². The predicted molar refractivity (Wildman–Crippen MR) is 104 cm³/mol. The molecule has 144 valence electrons. The van der Waals surface area contributed by atoms with Gasteiger partial charge in [-0.3, -0.25) is 4.79 Å². The molecule has 0 radical (unpaired) electrons. The molecule has 0 bridgehead atoms. The maximum Gasteiger partial charge on any atom is 0.227 e. The summed E-state index contributed by atoms with van der Waals surface area (Å²) in [7, 11) is 0. The number of piperidine rings is 1. The standard InChI is InChI=1S/C21H26ClN3O2/c1-15-5-2-3-14-25(15)19(26)11-10-18-23-24-20(27-18)21(12-4-13-21)16-6-8-17(22)9-7-16/h6-9,15H,2-5,10-14H2,1H3. The lowest BCUT2D eigenvalue weighted by atomic mass is 9.64. The molecule has 1 unspecified atom stereocenters. The monoisotopic (exact) mass is 387 g/mol. The summed E-state index contributed by atoms with van der Waals surface area (Å²) in [5, 5.41) is 9.30. The Hall–Kier alpha value is -1.88. The maximum atomic E-state index is 12.5. The Morgan fingerprint density at radius 2 is 2.00 bits per heavy atom. The quantitative estimate of drug-likeness (QED) is 0.756. The molecule has 0 spiro atoms. The van der Waals surface area contributed by atoms with E-state index in [1.807, 2.05) is 29.2 Å². The highest BCUT2D eigenvalue weighted by Crippen LogP contribution is 2.48. The lowest BCUT2D eigenvalue weighted by molar-refractivity contribution is -0.134. The highest BCUT2D eigenvalue weighted by molar-refractivity contribution is 6.30. The molecule has 4 rings (SSSR count). The van der Waals surface area contributed by atoms with Crippen LogP contribution in [0, 0.1) is 0 Å². The minimum atomic E-state index is -0.193. The number of hydrogen-bond acceptors (Lipinski definition) is 4. The third-order valence-electron chi connectivity index (χ3n) is 6.16. The van der Waals surface area contributed by atoms with E-state index in [1.54, 1.807) is 0 Å². The largest absolute Gasteiger partial charge is 0.424 e. The Bertz CT molecular complexity index is 798. The molecule has 0 N–H and O–H groups in total. The van der Waals surface area contributed by atoms with Crippen LogP contribution in [0.5, 0.6) is 0 Å². The van der Waals surface area contributed by atoms with Crippen molar-refractivity contribution in [1.82, 2.24) is 15.1 Å². The first-order valence-corrected chi connectivity index (χ1v) is 10.3. The molecular weight excluding hydrogens is 362 g/mol. The van der Waals surface area contributed by atoms with E-state index in [0.29, 0.717) is 30.7 Å². The molecule has 1 saturated carbocycles. The van der Waals surface area contributed by atoms with Crippen LogP contribution in [-0.2, 0) is 16.6 Å². The van der Waals surface area contributed by atoms with E-state index in [1.165, 1.54) is 12.0 Å². The van der Waals surface area contributed by atoms with Gasteiger partial charge in [0.25, 0.3) is 0 Å². The van der Waals surface area contributed by atoms with Crippen LogP contribution in [0.3, 0.4) is 0 Å². The smallest absolute Gasteiger partial charge is 0.227 e. The zero-order valence-electron chi connectivity index (χ0n) is 15.8. The minimum Gasteiger partial charge on any atom is -0.424 e. The van der Waals surface area contributed by atoms with Crippen molar-refractivity contribution in [3.63, 3.8) is 0 Å². The fraction of sp³-hybridized carbons (Fsp3) is 0.571. The van der Waals surface area contributed by atoms with E-state index in [2.05, 4.69) is 17.1 Å². The van der Waals surface area contributed by atoms with Gasteiger partial charge in [-0.2, -0.15) is 0 Å². The number of hydrogen-bond donors (Lipinski definition) is 0. The minimum absolute atomic E-state index is 0.193. The summed E-state index contributed by atoms with van der Waals surface area (Å²) >= 11 is 6.03. The number of nitrogens with zero attached hydrogens (tertiary/aromatic N) is 3. The van der Waals surface area contributed by atoms with Crippen molar-refractivity contribution < 1.29 is 9.21 Å². The average molecular weight is 388 g/mol. The van der Waals surface area contributed by atoms with Crippen LogP contribution < -0.4 is 0 Å². The van der Waals surface area contributed by atoms with Gasteiger partial charge in [0.1, 0.15) is 0 Å². The number of likely N-dealkylation sites (tertiary alicyclic amines) is 1. The van der Waals surface area contributed by atoms with Crippen molar-refractivity contribution in [3.05, 3.63) is 46.6 Å². The molecule has 2 fully saturated rings. The number of benzene rings is 1. The molecule has 1 atom stereocenters. The second kappa shape index (κ2) is 7.63. The SMILES string of the molecule is CC1CCCCN1C(=O)CCc1nnc(C2(c3ccc(Cl)cc3)CCC2)o1. The summed E-state index contributed by atoms with van der Waals surface area (Å²) in [4.78, 5) is 14.5. The molecule has 5 nitrogen and oxygen atoms in total. The third kappa shape index (κ3) is 3.62. The summed E-state index contributed by atoms with van der Waals surface area (Å²) in [5.74, 6) is 1.42. The van der Waals surface area contributed by atoms with Crippen LogP contribution in [0.4, 0.5) is 0 Å². The highest BCUT2D eigenvalue weighted by Gasteiger charge is 2.45. The van der Waals surface area contributed by atoms with Crippen molar-refractivity contribution in [2.75, 3.05) is 6.54 Å². The fourth-order valence-electron chi connectivity index (χ4n) is 4.30. The van der Waals surface area contributed by atoms with Gasteiger partial charge in [-0.05, 0) is 56.7 Å². The molecule has 1 aromatic heterocycles. The van der Waals surface area contributed by atoms with Gasteiger partial charge in [-0.1, -0.05) is 30.2 Å². The van der Waals surface area contributed by atoms with Gasteiger partial charge in [0, 0.05) is 30.5 Å². The molecule has 1 amide bonds. The molecule has 2 aromatic rings. The lowest BCUT2D eigenvalue weighted by Crippen LogP contribution is -2.42. The van der Waals surface area contributed by atoms with E-state index < -0.39 is 0 Å². The molecule has 6 heteroatoms. The zero-order chi connectivity index (χ0) is 18.9. The Balaban J connectivity index is 1.43. The molecular formula is C21H26ClN3O2. The first-order valence-electron chi connectivity index (χ1n) is 9.97. The van der Waals surface area contributed by atoms with Gasteiger partial charge >= 0.3 is 0 Å². The summed E-state index contributed by atoms with van der Waals surface area (Å²) in [5.41, 5.74) is 0.980. The van der Waals surface area contributed by atoms with E-state index in [4.69, 9.17) is 16.0 Å². The fourth-order valence-corrected chi connectivity index (χ4v) is 4.43. The van der Waals surface area contributed by atoms with Crippen molar-refractivity contribution >= 4 is 17.5 Å². The van der Waals surface area contributed by atoms with E-state index >= 15 is 0 Å². The molecule has 1 aliphatic carbocycles. The molecule has 2 aliphatic rings. The topological polar surface area (TPSA) is 59.2 Å². The summed E-state index contributed by atoms with van der Waals surface area (Å²) in [6, 6.07) is 8.26. The summed E-state index contributed by atoms with van der Waals surface area (Å²) in [6.07, 6.45) is 7.49. The Morgan fingerprint density at radius 1 is 1.22 bits per heavy atom. The number of amides is 1. The first kappa shape index (κ1) is 18.5. The number of carbonyl (C=O) groups excluding carboxylic acids is 1. The Kier molecular flexibility index (Phi) is 5.22. The predicted octanol–water partition coefficient (Wildman–Crippen LogP) is 4.53. The Morgan fingerprint density at radius 3 is 2.67 bits per heavy atom. The summed E-state index contributed by atoms with van der Waals surface area (Å²) in [6.45, 7) is 3.00. The lowest BCUT2D eigenvalue weighted by Gasteiger charge is -2.39. The zero-order valence-corrected chi connectivity index (χ0v) is 16.5. The average Bonchev–Trinajstić information content (AvgIpc) is 3.10.